The number of aromatic nitrogens is 2. The van der Waals surface area contributed by atoms with Crippen molar-refractivity contribution in [3.63, 3.8) is 0 Å². The van der Waals surface area contributed by atoms with Crippen molar-refractivity contribution >= 4 is 31.7 Å². The van der Waals surface area contributed by atoms with Gasteiger partial charge in [0.05, 0.1) is 25.2 Å². The highest BCUT2D eigenvalue weighted by Crippen LogP contribution is 2.36. The monoisotopic (exact) mass is 762 g/mol. The number of imidazole rings is 1. The Kier molecular flexibility index (Phi) is 18.0. The number of allylic oxidation sites excluding steroid dienone is 1. The van der Waals surface area contributed by atoms with Gasteiger partial charge in [0, 0.05) is 0 Å². The second-order valence-corrected chi connectivity index (χ2v) is 15.7. The lowest BCUT2D eigenvalue weighted by molar-refractivity contribution is -0.696. The molecule has 0 radical (unpaired) electrons. The largest absolute Gasteiger partial charge is 0.480 e. The van der Waals surface area contributed by atoms with Crippen molar-refractivity contribution in [2.24, 2.45) is 0 Å². The summed E-state index contributed by atoms with van der Waals surface area (Å²) < 4.78 is 119. The lowest BCUT2D eigenvalue weighted by Crippen LogP contribution is -2.41. The molecule has 1 heterocycles. The van der Waals surface area contributed by atoms with Crippen LogP contribution in [0.15, 0.2) is 49.6 Å². The van der Waals surface area contributed by atoms with Gasteiger partial charge in [0.1, 0.15) is 12.4 Å². The average Bonchev–Trinajstić information content (AvgIpc) is 3.44. The lowest BCUT2D eigenvalue weighted by Gasteiger charge is -2.27. The number of hydrogen-bond acceptors (Lipinski definition) is 6. The van der Waals surface area contributed by atoms with Gasteiger partial charge in [-0.25, -0.2) is 30.8 Å². The molecule has 0 atom stereocenters. The van der Waals surface area contributed by atoms with Gasteiger partial charge in [-0.3, -0.25) is 0 Å². The van der Waals surface area contributed by atoms with E-state index in [4.69, 9.17) is 4.74 Å². The molecule has 50 heavy (non-hydrogen) atoms. The van der Waals surface area contributed by atoms with E-state index in [0.717, 1.165) is 59.6 Å². The summed E-state index contributed by atoms with van der Waals surface area (Å²) in [5.74, 6) is 0. The van der Waals surface area contributed by atoms with Crippen LogP contribution >= 0.6 is 0 Å². The van der Waals surface area contributed by atoms with Gasteiger partial charge in [-0.05, 0) is 76.5 Å². The number of alkyl halides is 6. The Morgan fingerprint density at radius 1 is 0.900 bits per heavy atom. The number of ether oxygens (including phenoxy) is 1. The third-order valence-electron chi connectivity index (χ3n) is 7.33. The van der Waals surface area contributed by atoms with Gasteiger partial charge in [-0.2, -0.15) is 26.3 Å². The fourth-order valence-corrected chi connectivity index (χ4v) is 6.15. The fraction of sp³-hybridized carbons (Fsp3) is 0.625. The normalized spacial score (nSPS) is 12.6. The van der Waals surface area contributed by atoms with Crippen LogP contribution in [0.1, 0.15) is 103 Å². The molecule has 0 saturated heterocycles. The molecular formula is C32H48F6N4O6S2. The zero-order valence-corrected chi connectivity index (χ0v) is 30.4. The van der Waals surface area contributed by atoms with Gasteiger partial charge < -0.3 is 14.2 Å². The number of unbranched alkanes of at least 4 members (excludes halogenated alkanes) is 8. The molecule has 0 aliphatic rings. The first-order valence-corrected chi connectivity index (χ1v) is 19.0. The number of sulfonamides is 2. The summed E-state index contributed by atoms with van der Waals surface area (Å²) in [6.07, 6.45) is 18.5. The zero-order valence-electron chi connectivity index (χ0n) is 28.8. The standard InChI is InChI=1S/C30H47N3O2.C2F6NO4S2/c1-6-7-8-9-10-13-19-32-21-22-33(25-32)20-14-11-12-15-23-35-29(34)31-30(4,5)28-18-16-17-27(24-28)26(2)3;3-1(4,5)14(10,11)9-15(12,13)2(6,7)8/h16-18,21-22,24-25H,2,6-15,19-20,23H2,1,3-5H3;/q;-1/p+1. The first kappa shape index (κ1) is 44.9. The van der Waals surface area contributed by atoms with Crippen molar-refractivity contribution in [2.75, 3.05) is 6.61 Å². The molecule has 0 unspecified atom stereocenters. The SMILES string of the molecule is C=C(C)c1cccc(C(C)(C)NC(=O)OCCCCCCn2cc[n+](CCCCCCCC)c2)c1.O=S(=O)([N-]S(=O)(=O)C(F)(F)F)C(F)(F)F. The van der Waals surface area contributed by atoms with E-state index in [1.807, 2.05) is 39.0 Å². The number of amides is 1. The maximum Gasteiger partial charge on any atom is 0.480 e. The van der Waals surface area contributed by atoms with Crippen molar-refractivity contribution in [1.82, 2.24) is 9.88 Å². The van der Waals surface area contributed by atoms with E-state index in [1.165, 1.54) is 38.5 Å². The molecule has 0 spiro atoms. The van der Waals surface area contributed by atoms with Gasteiger partial charge in [-0.15, -0.1) is 0 Å². The number of hydrogen-bond donors (Lipinski definition) is 1. The predicted octanol–water partition coefficient (Wildman–Crippen LogP) is 8.45. The van der Waals surface area contributed by atoms with E-state index in [2.05, 4.69) is 52.7 Å². The van der Waals surface area contributed by atoms with Gasteiger partial charge in [-0.1, -0.05) is 63.0 Å². The molecular weight excluding hydrogens is 714 g/mol. The van der Waals surface area contributed by atoms with Crippen LogP contribution in [0.5, 0.6) is 0 Å². The summed E-state index contributed by atoms with van der Waals surface area (Å²) in [6, 6.07) is 8.12. The summed E-state index contributed by atoms with van der Waals surface area (Å²) in [5.41, 5.74) is -9.79. The Balaban J connectivity index is 0.000000700. The summed E-state index contributed by atoms with van der Waals surface area (Å²) in [7, 11) is -13.4. The van der Waals surface area contributed by atoms with Gasteiger partial charge in [0.15, 0.2) is 20.0 Å². The van der Waals surface area contributed by atoms with E-state index in [-0.39, 0.29) is 6.09 Å². The zero-order chi connectivity index (χ0) is 38.2. The number of nitrogens with one attached hydrogen (secondary N) is 1. The number of aryl methyl sites for hydroxylation is 2. The minimum atomic E-state index is -6.72. The Bertz CT molecular complexity index is 1530. The Labute approximate surface area is 291 Å². The van der Waals surface area contributed by atoms with E-state index in [9.17, 15) is 48.0 Å². The van der Waals surface area contributed by atoms with E-state index >= 15 is 0 Å². The summed E-state index contributed by atoms with van der Waals surface area (Å²) in [5, 5.41) is 3.00. The summed E-state index contributed by atoms with van der Waals surface area (Å²) in [6.45, 7) is 14.9. The summed E-state index contributed by atoms with van der Waals surface area (Å²) in [4.78, 5) is 12.3. The van der Waals surface area contributed by atoms with Crippen molar-refractivity contribution in [2.45, 2.75) is 122 Å². The minimum Gasteiger partial charge on any atom is -0.450 e. The van der Waals surface area contributed by atoms with E-state index < -0.39 is 36.6 Å². The highest BCUT2D eigenvalue weighted by atomic mass is 32.3. The smallest absolute Gasteiger partial charge is 0.450 e. The number of nitrogens with zero attached hydrogens (tertiary/aromatic N) is 3. The Morgan fingerprint density at radius 2 is 1.46 bits per heavy atom. The number of rotatable bonds is 19. The molecule has 0 saturated carbocycles. The first-order chi connectivity index (χ1) is 23.0. The predicted molar refractivity (Wildman–Crippen MR) is 178 cm³/mol. The molecule has 2 aromatic rings. The third kappa shape index (κ3) is 16.3. The molecule has 1 amide bonds. The number of carbonyl (C=O) groups is 1. The average molecular weight is 763 g/mol. The van der Waals surface area contributed by atoms with Crippen LogP contribution in [0.25, 0.3) is 9.70 Å². The maximum atomic E-state index is 12.3. The highest BCUT2D eigenvalue weighted by molar-refractivity contribution is 8.13. The Morgan fingerprint density at radius 3 is 2.04 bits per heavy atom. The first-order valence-electron chi connectivity index (χ1n) is 16.2. The molecule has 2 rings (SSSR count). The van der Waals surface area contributed by atoms with Gasteiger partial charge in [0.2, 0.25) is 6.33 Å². The molecule has 1 aromatic heterocycles. The number of benzene rings is 1. The van der Waals surface area contributed by atoms with Crippen LogP contribution in [0, 0.1) is 0 Å². The molecule has 1 N–H and O–H groups in total. The fourth-order valence-electron chi connectivity index (χ4n) is 4.44. The van der Waals surface area contributed by atoms with Crippen LogP contribution in [0.2, 0.25) is 0 Å². The second kappa shape index (κ2) is 20.1. The quantitative estimate of drug-likeness (QED) is 0.0869. The molecule has 286 valence electrons. The van der Waals surface area contributed by atoms with Crippen molar-refractivity contribution in [1.29, 1.82) is 0 Å². The van der Waals surface area contributed by atoms with Crippen LogP contribution in [-0.4, -0.2) is 45.1 Å². The molecule has 0 fully saturated rings. The van der Waals surface area contributed by atoms with Gasteiger partial charge >= 0.3 is 17.1 Å². The Hall–Kier alpha value is -3.12. The maximum absolute atomic E-state index is 12.3. The number of alkyl carbamates (subject to hydrolysis) is 1. The van der Waals surface area contributed by atoms with Crippen LogP contribution in [0.3, 0.4) is 0 Å². The molecule has 0 aliphatic carbocycles. The minimum absolute atomic E-state index is 0.363. The van der Waals surface area contributed by atoms with Gasteiger partial charge in [0.25, 0.3) is 0 Å². The molecule has 1 aromatic carbocycles. The highest BCUT2D eigenvalue weighted by Gasteiger charge is 2.47. The van der Waals surface area contributed by atoms with Crippen molar-refractivity contribution in [3.05, 3.63) is 64.8 Å². The van der Waals surface area contributed by atoms with E-state index in [0.29, 0.717) is 6.61 Å². The van der Waals surface area contributed by atoms with E-state index in [1.54, 1.807) is 0 Å². The van der Waals surface area contributed by atoms with Crippen molar-refractivity contribution in [3.8, 4) is 0 Å². The second-order valence-electron chi connectivity index (χ2n) is 12.2. The van der Waals surface area contributed by atoms with Crippen molar-refractivity contribution < 1.29 is 57.3 Å². The molecule has 10 nitrogen and oxygen atoms in total. The van der Waals surface area contributed by atoms with Crippen LogP contribution in [-0.2, 0) is 43.4 Å². The molecule has 0 bridgehead atoms. The molecule has 0 aliphatic heterocycles. The number of carbonyl (C=O) groups excluding carboxylic acids is 1. The summed E-state index contributed by atoms with van der Waals surface area (Å²) >= 11 is 0. The third-order valence-corrected chi connectivity index (χ3v) is 10.1. The topological polar surface area (TPSA) is 130 Å². The lowest BCUT2D eigenvalue weighted by atomic mass is 9.92. The van der Waals surface area contributed by atoms with Crippen LogP contribution < -0.4 is 9.88 Å². The molecule has 18 heteroatoms. The van der Waals surface area contributed by atoms with Crippen LogP contribution in [0.4, 0.5) is 31.1 Å². The number of halogens is 6.